The van der Waals surface area contributed by atoms with Crippen molar-refractivity contribution in [1.29, 1.82) is 0 Å². The number of fused-ring (bicyclic) bond motifs is 1. The SMILES string of the molecule is CC(C)CC(N)c1nnc2ncccn12. The average molecular weight is 205 g/mol. The third-order valence-electron chi connectivity index (χ3n) is 2.27. The van der Waals surface area contributed by atoms with Crippen molar-refractivity contribution in [2.45, 2.75) is 26.3 Å². The fraction of sp³-hybridized carbons (Fsp3) is 0.500. The molecule has 1 atom stereocenters. The van der Waals surface area contributed by atoms with Gasteiger partial charge in [-0.1, -0.05) is 13.8 Å². The van der Waals surface area contributed by atoms with Gasteiger partial charge < -0.3 is 5.73 Å². The van der Waals surface area contributed by atoms with E-state index in [2.05, 4.69) is 29.0 Å². The highest BCUT2D eigenvalue weighted by atomic mass is 15.3. The Morgan fingerprint density at radius 3 is 2.93 bits per heavy atom. The highest BCUT2D eigenvalue weighted by molar-refractivity contribution is 5.26. The molecule has 0 amide bonds. The van der Waals surface area contributed by atoms with E-state index in [0.29, 0.717) is 11.7 Å². The summed E-state index contributed by atoms with van der Waals surface area (Å²) in [6, 6.07) is 1.77. The molecular formula is C10H15N5. The van der Waals surface area contributed by atoms with Crippen molar-refractivity contribution in [2.24, 2.45) is 11.7 Å². The van der Waals surface area contributed by atoms with Crippen LogP contribution in [0.2, 0.25) is 0 Å². The topological polar surface area (TPSA) is 69.1 Å². The molecule has 0 spiro atoms. The summed E-state index contributed by atoms with van der Waals surface area (Å²) in [6.07, 6.45) is 4.48. The molecule has 2 rings (SSSR count). The van der Waals surface area contributed by atoms with Crippen molar-refractivity contribution in [2.75, 3.05) is 0 Å². The van der Waals surface area contributed by atoms with E-state index in [0.717, 1.165) is 12.2 Å². The molecule has 5 nitrogen and oxygen atoms in total. The normalized spacial score (nSPS) is 13.6. The fourth-order valence-corrected chi connectivity index (χ4v) is 1.63. The maximum Gasteiger partial charge on any atom is 0.254 e. The lowest BCUT2D eigenvalue weighted by molar-refractivity contribution is 0.490. The van der Waals surface area contributed by atoms with Gasteiger partial charge in [0.05, 0.1) is 6.04 Å². The summed E-state index contributed by atoms with van der Waals surface area (Å²) in [7, 11) is 0. The Labute approximate surface area is 88.3 Å². The van der Waals surface area contributed by atoms with Crippen LogP contribution in [-0.2, 0) is 0 Å². The average Bonchev–Trinajstić information content (AvgIpc) is 2.59. The third kappa shape index (κ3) is 1.97. The second-order valence-electron chi connectivity index (χ2n) is 4.08. The first-order valence-corrected chi connectivity index (χ1v) is 5.09. The van der Waals surface area contributed by atoms with Crippen LogP contribution in [0, 0.1) is 5.92 Å². The molecule has 1 unspecified atom stereocenters. The van der Waals surface area contributed by atoms with Crippen molar-refractivity contribution in [1.82, 2.24) is 19.6 Å². The van der Waals surface area contributed by atoms with Gasteiger partial charge in [-0.3, -0.25) is 4.40 Å². The van der Waals surface area contributed by atoms with E-state index in [9.17, 15) is 0 Å². The van der Waals surface area contributed by atoms with Crippen LogP contribution in [0.15, 0.2) is 18.5 Å². The molecule has 2 aromatic rings. The molecule has 0 bridgehead atoms. The zero-order chi connectivity index (χ0) is 10.8. The zero-order valence-corrected chi connectivity index (χ0v) is 8.96. The summed E-state index contributed by atoms with van der Waals surface area (Å²) in [6.45, 7) is 4.28. The molecule has 2 heterocycles. The first-order chi connectivity index (χ1) is 7.18. The number of hydrogen-bond acceptors (Lipinski definition) is 4. The summed E-state index contributed by atoms with van der Waals surface area (Å²) in [5.74, 6) is 1.93. The monoisotopic (exact) mass is 205 g/mol. The van der Waals surface area contributed by atoms with Crippen LogP contribution >= 0.6 is 0 Å². The summed E-state index contributed by atoms with van der Waals surface area (Å²) >= 11 is 0. The predicted molar refractivity (Wildman–Crippen MR) is 57.2 cm³/mol. The molecule has 2 aromatic heterocycles. The van der Waals surface area contributed by atoms with E-state index in [1.807, 2.05) is 16.7 Å². The lowest BCUT2D eigenvalue weighted by atomic mass is 10.0. The fourth-order valence-electron chi connectivity index (χ4n) is 1.63. The second-order valence-corrected chi connectivity index (χ2v) is 4.08. The van der Waals surface area contributed by atoms with Crippen molar-refractivity contribution in [3.63, 3.8) is 0 Å². The van der Waals surface area contributed by atoms with Crippen LogP contribution in [0.5, 0.6) is 0 Å². The summed E-state index contributed by atoms with van der Waals surface area (Å²) < 4.78 is 1.84. The summed E-state index contributed by atoms with van der Waals surface area (Å²) in [4.78, 5) is 4.10. The maximum atomic E-state index is 6.06. The predicted octanol–water partition coefficient (Wildman–Crippen LogP) is 1.17. The van der Waals surface area contributed by atoms with E-state index in [1.54, 1.807) is 6.20 Å². The maximum absolute atomic E-state index is 6.06. The molecule has 0 radical (unpaired) electrons. The van der Waals surface area contributed by atoms with Crippen LogP contribution in [0.3, 0.4) is 0 Å². The summed E-state index contributed by atoms with van der Waals surface area (Å²) in [5, 5.41) is 8.04. The Bertz CT molecular complexity index is 448. The minimum atomic E-state index is -0.0794. The van der Waals surface area contributed by atoms with Crippen LogP contribution in [0.4, 0.5) is 0 Å². The lowest BCUT2D eigenvalue weighted by Gasteiger charge is -2.11. The molecule has 0 saturated carbocycles. The van der Waals surface area contributed by atoms with Gasteiger partial charge in [-0.05, 0) is 18.4 Å². The van der Waals surface area contributed by atoms with E-state index in [4.69, 9.17) is 5.73 Å². The lowest BCUT2D eigenvalue weighted by Crippen LogP contribution is -2.16. The van der Waals surface area contributed by atoms with E-state index in [-0.39, 0.29) is 6.04 Å². The number of rotatable bonds is 3. The number of nitrogens with zero attached hydrogens (tertiary/aromatic N) is 4. The molecule has 0 aliphatic rings. The second kappa shape index (κ2) is 3.94. The standard InChI is InChI=1S/C10H15N5/c1-7(2)6-8(11)9-13-14-10-12-4-3-5-15(9)10/h3-5,7-8H,6,11H2,1-2H3. The van der Waals surface area contributed by atoms with Gasteiger partial charge in [-0.15, -0.1) is 10.2 Å². The van der Waals surface area contributed by atoms with Crippen LogP contribution < -0.4 is 5.73 Å². The molecular weight excluding hydrogens is 190 g/mol. The first-order valence-electron chi connectivity index (χ1n) is 5.09. The van der Waals surface area contributed by atoms with Gasteiger partial charge in [0.2, 0.25) is 0 Å². The van der Waals surface area contributed by atoms with Crippen LogP contribution in [-0.4, -0.2) is 19.6 Å². The van der Waals surface area contributed by atoms with Crippen molar-refractivity contribution >= 4 is 5.78 Å². The zero-order valence-electron chi connectivity index (χ0n) is 8.96. The van der Waals surface area contributed by atoms with E-state index >= 15 is 0 Å². The quantitative estimate of drug-likeness (QED) is 0.816. The van der Waals surface area contributed by atoms with Gasteiger partial charge in [0.25, 0.3) is 5.78 Å². The van der Waals surface area contributed by atoms with E-state index in [1.165, 1.54) is 0 Å². The molecule has 0 fully saturated rings. The Morgan fingerprint density at radius 2 is 2.20 bits per heavy atom. The number of hydrogen-bond donors (Lipinski definition) is 1. The third-order valence-corrected chi connectivity index (χ3v) is 2.27. The van der Waals surface area contributed by atoms with Gasteiger partial charge in [0.15, 0.2) is 5.82 Å². The minimum absolute atomic E-state index is 0.0794. The Morgan fingerprint density at radius 1 is 1.40 bits per heavy atom. The smallest absolute Gasteiger partial charge is 0.254 e. The Balaban J connectivity index is 2.35. The summed E-state index contributed by atoms with van der Waals surface area (Å²) in [5.41, 5.74) is 6.06. The van der Waals surface area contributed by atoms with Gasteiger partial charge in [0, 0.05) is 12.4 Å². The van der Waals surface area contributed by atoms with Crippen LogP contribution in [0.25, 0.3) is 5.78 Å². The Kier molecular flexibility index (Phi) is 2.64. The van der Waals surface area contributed by atoms with Gasteiger partial charge in [0.1, 0.15) is 0 Å². The highest BCUT2D eigenvalue weighted by Gasteiger charge is 2.15. The van der Waals surface area contributed by atoms with Gasteiger partial charge in [-0.2, -0.15) is 0 Å². The van der Waals surface area contributed by atoms with Gasteiger partial charge >= 0.3 is 0 Å². The molecule has 5 heteroatoms. The van der Waals surface area contributed by atoms with Crippen LogP contribution in [0.1, 0.15) is 32.1 Å². The minimum Gasteiger partial charge on any atom is -0.321 e. The van der Waals surface area contributed by atoms with Crippen molar-refractivity contribution < 1.29 is 0 Å². The molecule has 0 saturated heterocycles. The molecule has 0 aliphatic heterocycles. The van der Waals surface area contributed by atoms with Gasteiger partial charge in [-0.25, -0.2) is 4.98 Å². The number of aromatic nitrogens is 4. The molecule has 0 aromatic carbocycles. The molecule has 80 valence electrons. The van der Waals surface area contributed by atoms with Crippen molar-refractivity contribution in [3.8, 4) is 0 Å². The molecule has 0 aliphatic carbocycles. The highest BCUT2D eigenvalue weighted by Crippen LogP contribution is 2.16. The Hall–Kier alpha value is -1.49. The molecule has 15 heavy (non-hydrogen) atoms. The van der Waals surface area contributed by atoms with E-state index < -0.39 is 0 Å². The number of nitrogens with two attached hydrogens (primary N) is 1. The molecule has 2 N–H and O–H groups in total. The van der Waals surface area contributed by atoms with Crippen molar-refractivity contribution in [3.05, 3.63) is 24.3 Å². The largest absolute Gasteiger partial charge is 0.321 e. The first kappa shape index (κ1) is 10.0.